The van der Waals surface area contributed by atoms with Crippen molar-refractivity contribution < 1.29 is 8.78 Å². The highest BCUT2D eigenvalue weighted by atomic mass is 35.5. The summed E-state index contributed by atoms with van der Waals surface area (Å²) in [6.07, 6.45) is 4.88. The summed E-state index contributed by atoms with van der Waals surface area (Å²) in [5, 5.41) is 6.78. The molecule has 0 spiro atoms. The molecule has 0 amide bonds. The standard InChI is InChI=1S/C12H10ClF2N3/c1-2-18-7-8(6-17-18)5-16-12-10(13)3-9(14)4-11(12)15/h2-4,6-7,16H,1,5H2. The van der Waals surface area contributed by atoms with E-state index >= 15 is 0 Å². The molecule has 0 aliphatic rings. The lowest BCUT2D eigenvalue weighted by Gasteiger charge is -2.08. The van der Waals surface area contributed by atoms with Gasteiger partial charge in [0.25, 0.3) is 0 Å². The van der Waals surface area contributed by atoms with Gasteiger partial charge >= 0.3 is 0 Å². The first kappa shape index (κ1) is 12.6. The van der Waals surface area contributed by atoms with E-state index in [1.54, 1.807) is 12.4 Å². The minimum atomic E-state index is -0.726. The van der Waals surface area contributed by atoms with Crippen LogP contribution in [0, 0.1) is 11.6 Å². The van der Waals surface area contributed by atoms with Crippen molar-refractivity contribution in [2.75, 3.05) is 5.32 Å². The minimum absolute atomic E-state index is 0.00334. The minimum Gasteiger partial charge on any atom is -0.377 e. The van der Waals surface area contributed by atoms with E-state index in [0.717, 1.165) is 17.7 Å². The molecule has 6 heteroatoms. The van der Waals surface area contributed by atoms with Crippen LogP contribution in [-0.2, 0) is 6.54 Å². The first-order valence-electron chi connectivity index (χ1n) is 5.14. The number of nitrogens with one attached hydrogen (secondary N) is 1. The number of benzene rings is 1. The number of rotatable bonds is 4. The molecule has 0 aliphatic heterocycles. The zero-order chi connectivity index (χ0) is 13.1. The number of halogens is 3. The van der Waals surface area contributed by atoms with Crippen LogP contribution < -0.4 is 5.32 Å². The average molecular weight is 270 g/mol. The van der Waals surface area contributed by atoms with E-state index in [-0.39, 0.29) is 10.7 Å². The number of anilines is 1. The third-order valence-electron chi connectivity index (χ3n) is 2.32. The van der Waals surface area contributed by atoms with E-state index in [1.165, 1.54) is 10.9 Å². The predicted molar refractivity (Wildman–Crippen MR) is 67.3 cm³/mol. The summed E-state index contributed by atoms with van der Waals surface area (Å²) in [6, 6.07) is 1.83. The van der Waals surface area contributed by atoms with E-state index in [9.17, 15) is 8.78 Å². The Balaban J connectivity index is 2.12. The lowest BCUT2D eigenvalue weighted by atomic mass is 10.2. The Kier molecular flexibility index (Phi) is 3.62. The van der Waals surface area contributed by atoms with Crippen molar-refractivity contribution in [2.45, 2.75) is 6.54 Å². The maximum Gasteiger partial charge on any atom is 0.150 e. The molecule has 0 unspecified atom stereocenters. The molecule has 18 heavy (non-hydrogen) atoms. The van der Waals surface area contributed by atoms with Gasteiger partial charge in [0, 0.05) is 30.6 Å². The first-order valence-corrected chi connectivity index (χ1v) is 5.52. The third-order valence-corrected chi connectivity index (χ3v) is 2.62. The van der Waals surface area contributed by atoms with Crippen LogP contribution in [0.4, 0.5) is 14.5 Å². The van der Waals surface area contributed by atoms with Crippen molar-refractivity contribution in [1.82, 2.24) is 9.78 Å². The Morgan fingerprint density at radius 1 is 1.44 bits per heavy atom. The molecule has 1 N–H and O–H groups in total. The molecule has 3 nitrogen and oxygen atoms in total. The SMILES string of the molecule is C=Cn1cc(CNc2c(F)cc(F)cc2Cl)cn1. The smallest absolute Gasteiger partial charge is 0.150 e. The number of nitrogens with zero attached hydrogens (tertiary/aromatic N) is 2. The molecule has 0 atom stereocenters. The Labute approximate surface area is 108 Å². The molecule has 0 radical (unpaired) electrons. The summed E-state index contributed by atoms with van der Waals surface area (Å²) < 4.78 is 27.8. The summed E-state index contributed by atoms with van der Waals surface area (Å²) in [7, 11) is 0. The normalized spacial score (nSPS) is 10.4. The van der Waals surface area contributed by atoms with Crippen LogP contribution in [0.1, 0.15) is 5.56 Å². The topological polar surface area (TPSA) is 29.9 Å². The van der Waals surface area contributed by atoms with Crippen LogP contribution in [0.5, 0.6) is 0 Å². The van der Waals surface area contributed by atoms with Gasteiger partial charge in [-0.2, -0.15) is 5.10 Å². The van der Waals surface area contributed by atoms with Crippen molar-refractivity contribution in [3.8, 4) is 0 Å². The highest BCUT2D eigenvalue weighted by Crippen LogP contribution is 2.26. The fourth-order valence-corrected chi connectivity index (χ4v) is 1.73. The molecule has 0 saturated heterocycles. The second-order valence-corrected chi connectivity index (χ2v) is 4.02. The van der Waals surface area contributed by atoms with Gasteiger partial charge in [-0.25, -0.2) is 13.5 Å². The number of hydrogen-bond acceptors (Lipinski definition) is 2. The lowest BCUT2D eigenvalue weighted by Crippen LogP contribution is -2.02. The lowest BCUT2D eigenvalue weighted by molar-refractivity contribution is 0.585. The molecule has 0 saturated carbocycles. The van der Waals surface area contributed by atoms with E-state index in [2.05, 4.69) is 17.0 Å². The largest absolute Gasteiger partial charge is 0.377 e. The molecule has 2 aromatic rings. The Morgan fingerprint density at radius 3 is 2.83 bits per heavy atom. The summed E-state index contributed by atoms with van der Waals surface area (Å²) in [4.78, 5) is 0. The fraction of sp³-hybridized carbons (Fsp3) is 0.0833. The van der Waals surface area contributed by atoms with E-state index in [0.29, 0.717) is 6.54 Å². The van der Waals surface area contributed by atoms with Gasteiger partial charge in [-0.15, -0.1) is 0 Å². The molecule has 2 rings (SSSR count). The highest BCUT2D eigenvalue weighted by Gasteiger charge is 2.09. The van der Waals surface area contributed by atoms with Crippen LogP contribution in [0.15, 0.2) is 31.1 Å². The summed E-state index contributed by atoms with van der Waals surface area (Å²) >= 11 is 5.75. The predicted octanol–water partition coefficient (Wildman–Crippen LogP) is 3.53. The van der Waals surface area contributed by atoms with Crippen LogP contribution in [-0.4, -0.2) is 9.78 Å². The van der Waals surface area contributed by atoms with Gasteiger partial charge in [-0.3, -0.25) is 0 Å². The second-order valence-electron chi connectivity index (χ2n) is 3.61. The van der Waals surface area contributed by atoms with E-state index in [4.69, 9.17) is 11.6 Å². The summed E-state index contributed by atoms with van der Waals surface area (Å²) in [6.45, 7) is 3.89. The first-order chi connectivity index (χ1) is 8.60. The zero-order valence-electron chi connectivity index (χ0n) is 9.33. The van der Waals surface area contributed by atoms with Crippen molar-refractivity contribution in [3.05, 3.63) is 53.3 Å². The molecular weight excluding hydrogens is 260 g/mol. The molecule has 1 heterocycles. The van der Waals surface area contributed by atoms with Gasteiger partial charge in [0.2, 0.25) is 0 Å². The van der Waals surface area contributed by atoms with Crippen LogP contribution in [0.3, 0.4) is 0 Å². The molecule has 0 aliphatic carbocycles. The van der Waals surface area contributed by atoms with Crippen molar-refractivity contribution in [3.63, 3.8) is 0 Å². The zero-order valence-corrected chi connectivity index (χ0v) is 10.1. The maximum absolute atomic E-state index is 13.5. The van der Waals surface area contributed by atoms with Crippen molar-refractivity contribution in [2.24, 2.45) is 0 Å². The Bertz CT molecular complexity index is 557. The van der Waals surface area contributed by atoms with Crippen LogP contribution in [0.25, 0.3) is 6.20 Å². The fourth-order valence-electron chi connectivity index (χ4n) is 1.47. The van der Waals surface area contributed by atoms with E-state index in [1.807, 2.05) is 0 Å². The van der Waals surface area contributed by atoms with Gasteiger partial charge in [-0.1, -0.05) is 18.2 Å². The number of hydrogen-bond donors (Lipinski definition) is 1. The number of aromatic nitrogens is 2. The molecular formula is C12H10ClF2N3. The third kappa shape index (κ3) is 2.68. The Hall–Kier alpha value is -1.88. The molecule has 0 bridgehead atoms. The monoisotopic (exact) mass is 269 g/mol. The van der Waals surface area contributed by atoms with Gasteiger partial charge in [-0.05, 0) is 6.07 Å². The summed E-state index contributed by atoms with van der Waals surface area (Å²) in [5.41, 5.74) is 0.902. The van der Waals surface area contributed by atoms with Gasteiger partial charge < -0.3 is 5.32 Å². The highest BCUT2D eigenvalue weighted by molar-refractivity contribution is 6.33. The molecule has 0 fully saturated rings. The van der Waals surface area contributed by atoms with Gasteiger partial charge in [0.05, 0.1) is 16.9 Å². The second kappa shape index (κ2) is 5.18. The summed E-state index contributed by atoms with van der Waals surface area (Å²) in [5.74, 6) is -1.43. The van der Waals surface area contributed by atoms with Gasteiger partial charge in [0.1, 0.15) is 5.82 Å². The molecule has 1 aromatic heterocycles. The quantitative estimate of drug-likeness (QED) is 0.920. The average Bonchev–Trinajstić information content (AvgIpc) is 2.75. The van der Waals surface area contributed by atoms with E-state index < -0.39 is 11.6 Å². The molecule has 1 aromatic carbocycles. The van der Waals surface area contributed by atoms with Crippen LogP contribution in [0.2, 0.25) is 5.02 Å². The maximum atomic E-state index is 13.5. The van der Waals surface area contributed by atoms with Gasteiger partial charge in [0.15, 0.2) is 5.82 Å². The molecule has 94 valence electrons. The Morgan fingerprint density at radius 2 is 2.22 bits per heavy atom. The van der Waals surface area contributed by atoms with Crippen LogP contribution >= 0.6 is 11.6 Å². The van der Waals surface area contributed by atoms with Crippen molar-refractivity contribution in [1.29, 1.82) is 0 Å². The van der Waals surface area contributed by atoms with Crippen molar-refractivity contribution >= 4 is 23.5 Å².